The van der Waals surface area contributed by atoms with Crippen molar-refractivity contribution >= 4 is 22.9 Å². The second-order valence-electron chi connectivity index (χ2n) is 5.93. The predicted molar refractivity (Wildman–Crippen MR) is 101 cm³/mol. The monoisotopic (exact) mass is 352 g/mol. The van der Waals surface area contributed by atoms with Gasteiger partial charge in [0.2, 0.25) is 0 Å². The molecular weight excluding hydrogens is 332 g/mol. The number of aromatic nitrogens is 2. The second-order valence-corrected chi connectivity index (χ2v) is 6.99. The van der Waals surface area contributed by atoms with Crippen LogP contribution in [0.5, 0.6) is 0 Å². The van der Waals surface area contributed by atoms with E-state index in [1.54, 1.807) is 29.8 Å². The molecule has 0 aliphatic heterocycles. The molecule has 1 amide bonds. The van der Waals surface area contributed by atoms with Crippen LogP contribution in [0.2, 0.25) is 0 Å². The first-order valence-electron chi connectivity index (χ1n) is 8.00. The largest absolute Gasteiger partial charge is 0.321 e. The summed E-state index contributed by atoms with van der Waals surface area (Å²) < 4.78 is 0. The highest BCUT2D eigenvalue weighted by Crippen LogP contribution is 2.14. The van der Waals surface area contributed by atoms with Crippen molar-refractivity contribution in [3.05, 3.63) is 76.0 Å². The number of carbonyl (C=O) groups excluding carboxylic acids is 1. The van der Waals surface area contributed by atoms with Crippen molar-refractivity contribution in [1.29, 1.82) is 0 Å². The van der Waals surface area contributed by atoms with Crippen molar-refractivity contribution in [2.24, 2.45) is 0 Å². The number of nitrogens with one attached hydrogen (secondary N) is 1. The highest BCUT2D eigenvalue weighted by Gasteiger charge is 2.09. The van der Waals surface area contributed by atoms with Crippen LogP contribution < -0.4 is 5.32 Å². The Balaban J connectivity index is 1.63. The van der Waals surface area contributed by atoms with E-state index in [0.29, 0.717) is 11.3 Å². The minimum absolute atomic E-state index is 0.132. The Morgan fingerprint density at radius 3 is 2.84 bits per heavy atom. The SMILES string of the molecule is Cc1nc(CN(C)Cc2cccc(C(=O)Nc3cccnc3)c2)cs1. The number of aryl methyl sites for hydroxylation is 1. The highest BCUT2D eigenvalue weighted by molar-refractivity contribution is 7.09. The van der Waals surface area contributed by atoms with Crippen molar-refractivity contribution in [1.82, 2.24) is 14.9 Å². The first kappa shape index (κ1) is 17.3. The van der Waals surface area contributed by atoms with Gasteiger partial charge < -0.3 is 5.32 Å². The molecule has 2 aromatic heterocycles. The maximum absolute atomic E-state index is 12.4. The van der Waals surface area contributed by atoms with Crippen molar-refractivity contribution in [2.45, 2.75) is 20.0 Å². The number of hydrogen-bond acceptors (Lipinski definition) is 5. The van der Waals surface area contributed by atoms with Crippen LogP contribution in [0.25, 0.3) is 0 Å². The summed E-state index contributed by atoms with van der Waals surface area (Å²) in [6, 6.07) is 11.3. The molecule has 2 heterocycles. The molecule has 0 radical (unpaired) electrons. The van der Waals surface area contributed by atoms with Crippen molar-refractivity contribution in [3.63, 3.8) is 0 Å². The summed E-state index contributed by atoms with van der Waals surface area (Å²) in [5.74, 6) is -0.132. The molecule has 3 rings (SSSR count). The van der Waals surface area contributed by atoms with Gasteiger partial charge in [-0.3, -0.25) is 14.7 Å². The smallest absolute Gasteiger partial charge is 0.255 e. The molecule has 0 spiro atoms. The lowest BCUT2D eigenvalue weighted by molar-refractivity contribution is 0.102. The zero-order valence-electron chi connectivity index (χ0n) is 14.3. The Morgan fingerprint density at radius 2 is 2.12 bits per heavy atom. The van der Waals surface area contributed by atoms with Crippen LogP contribution in [0, 0.1) is 6.92 Å². The van der Waals surface area contributed by atoms with Crippen molar-refractivity contribution in [2.75, 3.05) is 12.4 Å². The van der Waals surface area contributed by atoms with Crippen molar-refractivity contribution < 1.29 is 4.79 Å². The van der Waals surface area contributed by atoms with Gasteiger partial charge in [-0.1, -0.05) is 12.1 Å². The zero-order chi connectivity index (χ0) is 17.6. The third-order valence-corrected chi connectivity index (χ3v) is 4.48. The van der Waals surface area contributed by atoms with Gasteiger partial charge in [0.25, 0.3) is 5.91 Å². The molecule has 3 aromatic rings. The number of benzene rings is 1. The van der Waals surface area contributed by atoms with Crippen LogP contribution in [0.3, 0.4) is 0 Å². The summed E-state index contributed by atoms with van der Waals surface area (Å²) in [5, 5.41) is 6.03. The van der Waals surface area contributed by atoms with Crippen LogP contribution in [0.1, 0.15) is 26.6 Å². The average Bonchev–Trinajstić information content (AvgIpc) is 3.00. The normalized spacial score (nSPS) is 10.8. The van der Waals surface area contributed by atoms with E-state index in [4.69, 9.17) is 0 Å². The van der Waals surface area contributed by atoms with Gasteiger partial charge in [-0.15, -0.1) is 11.3 Å². The Morgan fingerprint density at radius 1 is 1.24 bits per heavy atom. The molecule has 0 saturated carbocycles. The number of amides is 1. The molecule has 128 valence electrons. The second kappa shape index (κ2) is 8.00. The van der Waals surface area contributed by atoms with Crippen LogP contribution in [0.15, 0.2) is 54.2 Å². The summed E-state index contributed by atoms with van der Waals surface area (Å²) in [7, 11) is 2.05. The molecule has 1 aromatic carbocycles. The fraction of sp³-hybridized carbons (Fsp3) is 0.211. The standard InChI is InChI=1S/C19H20N4OS/c1-14-21-18(13-25-14)12-23(2)11-15-5-3-6-16(9-15)19(24)22-17-7-4-8-20-10-17/h3-10,13H,11-12H2,1-2H3,(H,22,24). The van der Waals surface area contributed by atoms with E-state index >= 15 is 0 Å². The molecule has 6 heteroatoms. The Kier molecular flexibility index (Phi) is 5.53. The topological polar surface area (TPSA) is 58.1 Å². The van der Waals surface area contributed by atoms with E-state index in [2.05, 4.69) is 32.6 Å². The van der Waals surface area contributed by atoms with Crippen LogP contribution in [-0.4, -0.2) is 27.8 Å². The van der Waals surface area contributed by atoms with Gasteiger partial charge in [0.15, 0.2) is 0 Å². The molecule has 0 aliphatic rings. The fourth-order valence-corrected chi connectivity index (χ4v) is 3.18. The average molecular weight is 352 g/mol. The number of pyridine rings is 1. The molecule has 0 bridgehead atoms. The van der Waals surface area contributed by atoms with Gasteiger partial charge >= 0.3 is 0 Å². The lowest BCUT2D eigenvalue weighted by atomic mass is 10.1. The minimum Gasteiger partial charge on any atom is -0.321 e. The summed E-state index contributed by atoms with van der Waals surface area (Å²) in [5.41, 5.74) is 3.50. The Labute approximate surface area is 151 Å². The molecule has 5 nitrogen and oxygen atoms in total. The Bertz CT molecular complexity index is 847. The molecule has 0 fully saturated rings. The van der Waals surface area contributed by atoms with Crippen LogP contribution in [-0.2, 0) is 13.1 Å². The van der Waals surface area contributed by atoms with Gasteiger partial charge in [-0.05, 0) is 43.8 Å². The number of thiazole rings is 1. The van der Waals surface area contributed by atoms with Crippen LogP contribution in [0.4, 0.5) is 5.69 Å². The Hall–Kier alpha value is -2.57. The lowest BCUT2D eigenvalue weighted by Gasteiger charge is -2.16. The number of nitrogens with zero attached hydrogens (tertiary/aromatic N) is 3. The molecular formula is C19H20N4OS. The number of carbonyl (C=O) groups is 1. The van der Waals surface area contributed by atoms with E-state index in [0.717, 1.165) is 29.4 Å². The molecule has 0 aliphatic carbocycles. The molecule has 25 heavy (non-hydrogen) atoms. The van der Waals surface area contributed by atoms with Crippen LogP contribution >= 0.6 is 11.3 Å². The maximum Gasteiger partial charge on any atom is 0.255 e. The highest BCUT2D eigenvalue weighted by atomic mass is 32.1. The maximum atomic E-state index is 12.4. The number of hydrogen-bond donors (Lipinski definition) is 1. The summed E-state index contributed by atoms with van der Waals surface area (Å²) >= 11 is 1.66. The zero-order valence-corrected chi connectivity index (χ0v) is 15.1. The molecule has 1 N–H and O–H groups in total. The first-order chi connectivity index (χ1) is 12.1. The van der Waals surface area contributed by atoms with E-state index in [1.165, 1.54) is 0 Å². The summed E-state index contributed by atoms with van der Waals surface area (Å²) in [6.45, 7) is 3.56. The van der Waals surface area contributed by atoms with Gasteiger partial charge in [-0.2, -0.15) is 0 Å². The van der Waals surface area contributed by atoms with Gasteiger partial charge in [0, 0.05) is 30.2 Å². The summed E-state index contributed by atoms with van der Waals surface area (Å²) in [6.07, 6.45) is 3.31. The lowest BCUT2D eigenvalue weighted by Crippen LogP contribution is -2.18. The summed E-state index contributed by atoms with van der Waals surface area (Å²) in [4.78, 5) is 23.1. The predicted octanol–water partition coefficient (Wildman–Crippen LogP) is 3.73. The number of rotatable bonds is 6. The quantitative estimate of drug-likeness (QED) is 0.734. The fourth-order valence-electron chi connectivity index (χ4n) is 2.58. The number of anilines is 1. The minimum atomic E-state index is -0.132. The van der Waals surface area contributed by atoms with Crippen molar-refractivity contribution in [3.8, 4) is 0 Å². The van der Waals surface area contributed by atoms with Gasteiger partial charge in [0.05, 0.1) is 22.6 Å². The van der Waals surface area contributed by atoms with Gasteiger partial charge in [-0.25, -0.2) is 4.98 Å². The van der Waals surface area contributed by atoms with E-state index in [1.807, 2.05) is 37.3 Å². The molecule has 0 saturated heterocycles. The molecule has 0 unspecified atom stereocenters. The third kappa shape index (κ3) is 4.95. The van der Waals surface area contributed by atoms with E-state index in [-0.39, 0.29) is 5.91 Å². The first-order valence-corrected chi connectivity index (χ1v) is 8.88. The molecule has 0 atom stereocenters. The van der Waals surface area contributed by atoms with E-state index < -0.39 is 0 Å². The van der Waals surface area contributed by atoms with Gasteiger partial charge in [0.1, 0.15) is 0 Å². The third-order valence-electron chi connectivity index (χ3n) is 3.66. The van der Waals surface area contributed by atoms with E-state index in [9.17, 15) is 4.79 Å².